The Balaban J connectivity index is 2.21. The van der Waals surface area contributed by atoms with Crippen LogP contribution in [0.5, 0.6) is 5.75 Å². The van der Waals surface area contributed by atoms with Crippen LogP contribution in [0, 0.1) is 6.92 Å². The molecule has 3 heteroatoms. The second kappa shape index (κ2) is 5.65. The molecule has 3 nitrogen and oxygen atoms in total. The standard InChI is InChI=1S/C15H18N2O/c1-11-13(7-5-9-17-11)14(16)10-12-6-3-4-8-15(12)18-2/h3-9,14H,10,16H2,1-2H3. The molecule has 2 N–H and O–H groups in total. The van der Waals surface area contributed by atoms with E-state index in [9.17, 15) is 0 Å². The van der Waals surface area contributed by atoms with E-state index in [1.54, 1.807) is 13.3 Å². The molecule has 0 saturated heterocycles. The number of nitrogens with two attached hydrogens (primary N) is 1. The number of nitrogens with zero attached hydrogens (tertiary/aromatic N) is 1. The van der Waals surface area contributed by atoms with Gasteiger partial charge in [-0.2, -0.15) is 0 Å². The fourth-order valence-corrected chi connectivity index (χ4v) is 2.11. The minimum atomic E-state index is -0.0602. The van der Waals surface area contributed by atoms with Gasteiger partial charge in [-0.15, -0.1) is 0 Å². The first-order valence-electron chi connectivity index (χ1n) is 6.01. The lowest BCUT2D eigenvalue weighted by atomic mass is 9.98. The van der Waals surface area contributed by atoms with Crippen LogP contribution in [-0.2, 0) is 6.42 Å². The lowest BCUT2D eigenvalue weighted by Crippen LogP contribution is -2.15. The molecule has 0 saturated carbocycles. The number of rotatable bonds is 4. The van der Waals surface area contributed by atoms with Crippen molar-refractivity contribution in [2.45, 2.75) is 19.4 Å². The first kappa shape index (κ1) is 12.6. The highest BCUT2D eigenvalue weighted by molar-refractivity contribution is 5.35. The molecular weight excluding hydrogens is 224 g/mol. The van der Waals surface area contributed by atoms with Gasteiger partial charge in [0.2, 0.25) is 0 Å². The molecule has 1 aromatic carbocycles. The number of para-hydroxylation sites is 1. The zero-order valence-electron chi connectivity index (χ0n) is 10.8. The summed E-state index contributed by atoms with van der Waals surface area (Å²) in [7, 11) is 1.68. The third-order valence-electron chi connectivity index (χ3n) is 3.08. The number of methoxy groups -OCH3 is 1. The Morgan fingerprint density at radius 1 is 1.22 bits per heavy atom. The SMILES string of the molecule is COc1ccccc1CC(N)c1cccnc1C. The zero-order chi connectivity index (χ0) is 13.0. The van der Waals surface area contributed by atoms with Gasteiger partial charge in [0.1, 0.15) is 5.75 Å². The lowest BCUT2D eigenvalue weighted by molar-refractivity contribution is 0.408. The molecule has 0 aliphatic rings. The topological polar surface area (TPSA) is 48.1 Å². The van der Waals surface area contributed by atoms with Gasteiger partial charge in [0.15, 0.2) is 0 Å². The summed E-state index contributed by atoms with van der Waals surface area (Å²) in [6.07, 6.45) is 2.53. The Hall–Kier alpha value is -1.87. The molecule has 0 amide bonds. The molecule has 2 rings (SSSR count). The van der Waals surface area contributed by atoms with Gasteiger partial charge in [0, 0.05) is 17.9 Å². The maximum atomic E-state index is 6.26. The Bertz CT molecular complexity index is 525. The van der Waals surface area contributed by atoms with E-state index < -0.39 is 0 Å². The molecule has 2 aromatic rings. The Labute approximate surface area is 108 Å². The fraction of sp³-hybridized carbons (Fsp3) is 0.267. The van der Waals surface area contributed by atoms with Crippen LogP contribution >= 0.6 is 0 Å². The zero-order valence-corrected chi connectivity index (χ0v) is 10.8. The van der Waals surface area contributed by atoms with Gasteiger partial charge in [-0.3, -0.25) is 4.98 Å². The number of pyridine rings is 1. The van der Waals surface area contributed by atoms with Crippen molar-refractivity contribution in [1.82, 2.24) is 4.98 Å². The molecule has 18 heavy (non-hydrogen) atoms. The van der Waals surface area contributed by atoms with Crippen molar-refractivity contribution >= 4 is 0 Å². The molecule has 0 radical (unpaired) electrons. The summed E-state index contributed by atoms with van der Waals surface area (Å²) in [5, 5.41) is 0. The van der Waals surface area contributed by atoms with Crippen molar-refractivity contribution in [2.75, 3.05) is 7.11 Å². The normalized spacial score (nSPS) is 12.2. The molecule has 0 bridgehead atoms. The van der Waals surface area contributed by atoms with Gasteiger partial charge >= 0.3 is 0 Å². The number of ether oxygens (including phenoxy) is 1. The van der Waals surface area contributed by atoms with Crippen molar-refractivity contribution < 1.29 is 4.74 Å². The molecule has 0 aliphatic carbocycles. The van der Waals surface area contributed by atoms with Gasteiger partial charge in [-0.25, -0.2) is 0 Å². The maximum Gasteiger partial charge on any atom is 0.122 e. The first-order chi connectivity index (χ1) is 8.72. The van der Waals surface area contributed by atoms with Crippen LogP contribution in [0.25, 0.3) is 0 Å². The summed E-state index contributed by atoms with van der Waals surface area (Å²) in [6.45, 7) is 1.98. The summed E-state index contributed by atoms with van der Waals surface area (Å²) >= 11 is 0. The predicted octanol–water partition coefficient (Wildman–Crippen LogP) is 2.64. The van der Waals surface area contributed by atoms with Gasteiger partial charge in [0.25, 0.3) is 0 Å². The van der Waals surface area contributed by atoms with E-state index in [2.05, 4.69) is 4.98 Å². The summed E-state index contributed by atoms with van der Waals surface area (Å²) < 4.78 is 5.34. The summed E-state index contributed by atoms with van der Waals surface area (Å²) in [4.78, 5) is 4.27. The quantitative estimate of drug-likeness (QED) is 0.896. The molecule has 94 valence electrons. The van der Waals surface area contributed by atoms with Gasteiger partial charge < -0.3 is 10.5 Å². The van der Waals surface area contributed by atoms with E-state index in [0.29, 0.717) is 0 Å². The van der Waals surface area contributed by atoms with E-state index >= 15 is 0 Å². The van der Waals surface area contributed by atoms with E-state index in [1.807, 2.05) is 43.3 Å². The minimum absolute atomic E-state index is 0.0602. The summed E-state index contributed by atoms with van der Waals surface area (Å²) in [5.74, 6) is 0.884. The van der Waals surface area contributed by atoms with Gasteiger partial charge in [-0.1, -0.05) is 24.3 Å². The van der Waals surface area contributed by atoms with Crippen LogP contribution < -0.4 is 10.5 Å². The van der Waals surface area contributed by atoms with Crippen molar-refractivity contribution in [1.29, 1.82) is 0 Å². The number of hydrogen-bond acceptors (Lipinski definition) is 3. The van der Waals surface area contributed by atoms with E-state index in [-0.39, 0.29) is 6.04 Å². The van der Waals surface area contributed by atoms with Gasteiger partial charge in [0.05, 0.1) is 7.11 Å². The van der Waals surface area contributed by atoms with Gasteiger partial charge in [-0.05, 0) is 36.6 Å². The second-order valence-electron chi connectivity index (χ2n) is 4.30. The number of hydrogen-bond donors (Lipinski definition) is 1. The largest absolute Gasteiger partial charge is 0.496 e. The van der Waals surface area contributed by atoms with E-state index in [1.165, 1.54) is 0 Å². The molecular formula is C15H18N2O. The van der Waals surface area contributed by atoms with Crippen LogP contribution in [0.3, 0.4) is 0 Å². The molecule has 0 aliphatic heterocycles. The van der Waals surface area contributed by atoms with Crippen LogP contribution in [0.15, 0.2) is 42.6 Å². The molecule has 1 heterocycles. The van der Waals surface area contributed by atoms with Crippen molar-refractivity contribution in [3.05, 3.63) is 59.4 Å². The smallest absolute Gasteiger partial charge is 0.122 e. The molecule has 1 aromatic heterocycles. The summed E-state index contributed by atoms with van der Waals surface area (Å²) in [5.41, 5.74) is 9.45. The highest BCUT2D eigenvalue weighted by atomic mass is 16.5. The lowest BCUT2D eigenvalue weighted by Gasteiger charge is -2.15. The van der Waals surface area contributed by atoms with Crippen LogP contribution in [-0.4, -0.2) is 12.1 Å². The molecule has 1 atom stereocenters. The van der Waals surface area contributed by atoms with Crippen LogP contribution in [0.4, 0.5) is 0 Å². The summed E-state index contributed by atoms with van der Waals surface area (Å²) in [6, 6.07) is 11.9. The number of aryl methyl sites for hydroxylation is 1. The minimum Gasteiger partial charge on any atom is -0.496 e. The van der Waals surface area contributed by atoms with Crippen molar-refractivity contribution in [3.63, 3.8) is 0 Å². The second-order valence-corrected chi connectivity index (χ2v) is 4.30. The predicted molar refractivity (Wildman–Crippen MR) is 72.6 cm³/mol. The third kappa shape index (κ3) is 2.68. The third-order valence-corrected chi connectivity index (χ3v) is 3.08. The average molecular weight is 242 g/mol. The van der Waals surface area contributed by atoms with Crippen molar-refractivity contribution in [2.24, 2.45) is 5.73 Å². The molecule has 0 fully saturated rings. The fourth-order valence-electron chi connectivity index (χ4n) is 2.11. The van der Waals surface area contributed by atoms with E-state index in [0.717, 1.165) is 29.0 Å². The van der Waals surface area contributed by atoms with Crippen LogP contribution in [0.2, 0.25) is 0 Å². The first-order valence-corrected chi connectivity index (χ1v) is 6.01. The Morgan fingerprint density at radius 3 is 2.72 bits per heavy atom. The average Bonchev–Trinajstić information content (AvgIpc) is 2.39. The number of benzene rings is 1. The van der Waals surface area contributed by atoms with Crippen molar-refractivity contribution in [3.8, 4) is 5.75 Å². The Morgan fingerprint density at radius 2 is 2.00 bits per heavy atom. The molecule has 1 unspecified atom stereocenters. The van der Waals surface area contributed by atoms with Crippen LogP contribution in [0.1, 0.15) is 22.9 Å². The highest BCUT2D eigenvalue weighted by Gasteiger charge is 2.12. The highest BCUT2D eigenvalue weighted by Crippen LogP contribution is 2.24. The monoisotopic (exact) mass is 242 g/mol. The maximum absolute atomic E-state index is 6.26. The Kier molecular flexibility index (Phi) is 3.95. The molecule has 0 spiro atoms. The number of aromatic nitrogens is 1. The van der Waals surface area contributed by atoms with E-state index in [4.69, 9.17) is 10.5 Å².